The lowest BCUT2D eigenvalue weighted by Gasteiger charge is -2.17. The molecule has 0 spiro atoms. The molecule has 4 aromatic rings. The molecule has 0 aliphatic heterocycles. The van der Waals surface area contributed by atoms with Crippen molar-refractivity contribution in [2.75, 3.05) is 22.9 Å². The molecular weight excluding hydrogens is 481 g/mol. The van der Waals surface area contributed by atoms with E-state index in [1.807, 2.05) is 30.3 Å². The van der Waals surface area contributed by atoms with Crippen LogP contribution in [0.4, 0.5) is 11.4 Å². The number of fused-ring (bicyclic) bond motifs is 1. The van der Waals surface area contributed by atoms with Gasteiger partial charge in [-0.05, 0) is 47.9 Å². The number of hydrogen-bond acceptors (Lipinski definition) is 4. The predicted octanol–water partition coefficient (Wildman–Crippen LogP) is 5.86. The van der Waals surface area contributed by atoms with E-state index >= 15 is 0 Å². The Morgan fingerprint density at radius 1 is 0.970 bits per heavy atom. The fourth-order valence-electron chi connectivity index (χ4n) is 3.39. The third kappa shape index (κ3) is 4.80. The first kappa shape index (κ1) is 23.0. The molecule has 9 heteroatoms. The average Bonchev–Trinajstić information content (AvgIpc) is 2.78. The van der Waals surface area contributed by atoms with E-state index in [0.29, 0.717) is 27.7 Å². The maximum absolute atomic E-state index is 12.9. The monoisotopic (exact) mass is 499 g/mol. The van der Waals surface area contributed by atoms with Crippen LogP contribution in [0.1, 0.15) is 10.4 Å². The van der Waals surface area contributed by atoms with Gasteiger partial charge in [0.05, 0.1) is 33.2 Å². The van der Waals surface area contributed by atoms with Crippen LogP contribution in [0.15, 0.2) is 72.9 Å². The summed E-state index contributed by atoms with van der Waals surface area (Å²) in [6.45, 7) is 0. The van der Waals surface area contributed by atoms with Gasteiger partial charge in [-0.15, -0.1) is 0 Å². The third-order valence-corrected chi connectivity index (χ3v) is 7.06. The second-order valence-corrected chi connectivity index (χ2v) is 10.3. The number of aromatic nitrogens is 1. The molecule has 1 aromatic heterocycles. The van der Waals surface area contributed by atoms with Gasteiger partial charge >= 0.3 is 0 Å². The summed E-state index contributed by atoms with van der Waals surface area (Å²) in [6, 6.07) is 19.3. The Balaban J connectivity index is 1.65. The standard InChI is InChI=1S/C24H19Cl2N3O3S/c1-29(33(2,31)32)17-8-9-19(22(26)14-17)24(30)28-16-7-10-21(25)20(13-16)23-18-6-4-3-5-15(18)11-12-27-23/h3-14H,1-2H3,(H,28,30). The van der Waals surface area contributed by atoms with Crippen LogP contribution in [0.5, 0.6) is 0 Å². The highest BCUT2D eigenvalue weighted by Crippen LogP contribution is 2.34. The molecule has 0 radical (unpaired) electrons. The van der Waals surface area contributed by atoms with Gasteiger partial charge in [0.2, 0.25) is 10.0 Å². The fourth-order valence-corrected chi connectivity index (χ4v) is 4.36. The highest BCUT2D eigenvalue weighted by molar-refractivity contribution is 7.92. The molecule has 168 valence electrons. The van der Waals surface area contributed by atoms with Crippen LogP contribution in [0.2, 0.25) is 10.0 Å². The van der Waals surface area contributed by atoms with Gasteiger partial charge in [0.15, 0.2) is 0 Å². The van der Waals surface area contributed by atoms with Gasteiger partial charge < -0.3 is 5.32 Å². The predicted molar refractivity (Wildman–Crippen MR) is 135 cm³/mol. The van der Waals surface area contributed by atoms with Crippen LogP contribution in [-0.2, 0) is 10.0 Å². The minimum Gasteiger partial charge on any atom is -0.322 e. The summed E-state index contributed by atoms with van der Waals surface area (Å²) in [4.78, 5) is 17.4. The molecule has 1 heterocycles. The highest BCUT2D eigenvalue weighted by Gasteiger charge is 2.17. The second-order valence-electron chi connectivity index (χ2n) is 7.42. The van der Waals surface area contributed by atoms with E-state index in [1.165, 1.54) is 25.2 Å². The van der Waals surface area contributed by atoms with Crippen molar-refractivity contribution in [3.63, 3.8) is 0 Å². The summed E-state index contributed by atoms with van der Waals surface area (Å²) in [6.07, 6.45) is 2.80. The molecule has 0 bridgehead atoms. The number of carbonyl (C=O) groups is 1. The third-order valence-electron chi connectivity index (χ3n) is 5.21. The second kappa shape index (κ2) is 9.02. The molecule has 4 rings (SSSR count). The molecule has 0 saturated carbocycles. The van der Waals surface area contributed by atoms with Crippen molar-refractivity contribution in [2.24, 2.45) is 0 Å². The van der Waals surface area contributed by atoms with Gasteiger partial charge in [-0.25, -0.2) is 8.42 Å². The van der Waals surface area contributed by atoms with Gasteiger partial charge in [0.1, 0.15) is 0 Å². The number of carbonyl (C=O) groups excluding carboxylic acids is 1. The normalized spacial score (nSPS) is 11.4. The number of amides is 1. The summed E-state index contributed by atoms with van der Waals surface area (Å²) in [5.74, 6) is -0.437. The zero-order valence-electron chi connectivity index (χ0n) is 17.7. The topological polar surface area (TPSA) is 79.4 Å². The molecular formula is C24H19Cl2N3O3S. The Hall–Kier alpha value is -3.13. The lowest BCUT2D eigenvalue weighted by atomic mass is 10.0. The van der Waals surface area contributed by atoms with Crippen LogP contribution >= 0.6 is 23.2 Å². The summed E-state index contributed by atoms with van der Waals surface area (Å²) in [5, 5.41) is 5.42. The first-order valence-electron chi connectivity index (χ1n) is 9.83. The summed E-state index contributed by atoms with van der Waals surface area (Å²) in [7, 11) is -2.04. The maximum Gasteiger partial charge on any atom is 0.257 e. The number of pyridine rings is 1. The van der Waals surface area contributed by atoms with Gasteiger partial charge in [0.25, 0.3) is 5.91 Å². The molecule has 0 atom stereocenters. The van der Waals surface area contributed by atoms with Crippen LogP contribution in [0.3, 0.4) is 0 Å². The summed E-state index contributed by atoms with van der Waals surface area (Å²) >= 11 is 12.8. The highest BCUT2D eigenvalue weighted by atomic mass is 35.5. The molecule has 33 heavy (non-hydrogen) atoms. The van der Waals surface area contributed by atoms with E-state index in [2.05, 4.69) is 10.3 Å². The number of nitrogens with zero attached hydrogens (tertiary/aromatic N) is 2. The minimum absolute atomic E-state index is 0.130. The van der Waals surface area contributed by atoms with Crippen molar-refractivity contribution in [2.45, 2.75) is 0 Å². The Labute approximate surface area is 201 Å². The van der Waals surface area contributed by atoms with E-state index in [0.717, 1.165) is 21.3 Å². The van der Waals surface area contributed by atoms with Crippen LogP contribution in [-0.4, -0.2) is 32.6 Å². The van der Waals surface area contributed by atoms with E-state index < -0.39 is 15.9 Å². The van der Waals surface area contributed by atoms with Gasteiger partial charge in [-0.1, -0.05) is 47.5 Å². The van der Waals surface area contributed by atoms with E-state index in [4.69, 9.17) is 23.2 Å². The van der Waals surface area contributed by atoms with E-state index in [-0.39, 0.29) is 10.6 Å². The Kier molecular flexibility index (Phi) is 6.30. The number of halogens is 2. The molecule has 1 N–H and O–H groups in total. The van der Waals surface area contributed by atoms with Crippen LogP contribution < -0.4 is 9.62 Å². The van der Waals surface area contributed by atoms with Gasteiger partial charge in [0, 0.05) is 29.9 Å². The van der Waals surface area contributed by atoms with Gasteiger partial charge in [-0.2, -0.15) is 0 Å². The lowest BCUT2D eigenvalue weighted by Crippen LogP contribution is -2.25. The number of sulfonamides is 1. The Morgan fingerprint density at radius 2 is 1.73 bits per heavy atom. The smallest absolute Gasteiger partial charge is 0.257 e. The molecule has 0 aliphatic rings. The van der Waals surface area contributed by atoms with Gasteiger partial charge in [-0.3, -0.25) is 14.1 Å². The molecule has 0 fully saturated rings. The fraction of sp³-hybridized carbons (Fsp3) is 0.0833. The zero-order valence-corrected chi connectivity index (χ0v) is 20.0. The number of rotatable bonds is 5. The van der Waals surface area contributed by atoms with Crippen molar-refractivity contribution in [1.29, 1.82) is 0 Å². The van der Waals surface area contributed by atoms with Crippen molar-refractivity contribution >= 4 is 61.3 Å². The van der Waals surface area contributed by atoms with Crippen molar-refractivity contribution < 1.29 is 13.2 Å². The molecule has 0 unspecified atom stereocenters. The van der Waals surface area contributed by atoms with Crippen molar-refractivity contribution in [3.8, 4) is 11.3 Å². The largest absolute Gasteiger partial charge is 0.322 e. The number of benzene rings is 3. The minimum atomic E-state index is -3.45. The van der Waals surface area contributed by atoms with Crippen LogP contribution in [0, 0.1) is 0 Å². The van der Waals surface area contributed by atoms with E-state index in [9.17, 15) is 13.2 Å². The molecule has 6 nitrogen and oxygen atoms in total. The van der Waals surface area contributed by atoms with Crippen molar-refractivity contribution in [3.05, 3.63) is 88.5 Å². The maximum atomic E-state index is 12.9. The van der Waals surface area contributed by atoms with E-state index in [1.54, 1.807) is 24.4 Å². The molecule has 0 aliphatic carbocycles. The quantitative estimate of drug-likeness (QED) is 0.373. The first-order valence-corrected chi connectivity index (χ1v) is 12.4. The Bertz CT molecular complexity index is 1480. The molecule has 1 amide bonds. The SMILES string of the molecule is CN(c1ccc(C(=O)Nc2ccc(Cl)c(-c3nccc4ccccc34)c2)c(Cl)c1)S(C)(=O)=O. The zero-order chi connectivity index (χ0) is 23.8. The summed E-state index contributed by atoms with van der Waals surface area (Å²) in [5.41, 5.74) is 2.47. The average molecular weight is 500 g/mol. The first-order chi connectivity index (χ1) is 15.6. The van der Waals surface area contributed by atoms with Crippen LogP contribution in [0.25, 0.3) is 22.0 Å². The number of nitrogens with one attached hydrogen (secondary N) is 1. The van der Waals surface area contributed by atoms with Crippen molar-refractivity contribution in [1.82, 2.24) is 4.98 Å². The number of anilines is 2. The number of hydrogen-bond donors (Lipinski definition) is 1. The summed E-state index contributed by atoms with van der Waals surface area (Å²) < 4.78 is 24.6. The molecule has 0 saturated heterocycles. The lowest BCUT2D eigenvalue weighted by molar-refractivity contribution is 0.102. The molecule has 3 aromatic carbocycles. The Morgan fingerprint density at radius 3 is 2.45 bits per heavy atom.